The predicted molar refractivity (Wildman–Crippen MR) is 99.0 cm³/mol. The Balaban J connectivity index is 2.01. The number of hydrogen-bond donors (Lipinski definition) is 0. The summed E-state index contributed by atoms with van der Waals surface area (Å²) in [5.74, 6) is 0.0981. The molecular weight excluding hydrogens is 352 g/mol. The van der Waals surface area contributed by atoms with Crippen LogP contribution in [0.5, 0.6) is 0 Å². The molecule has 0 bridgehead atoms. The Morgan fingerprint density at radius 3 is 2.35 bits per heavy atom. The molecule has 120 valence electrons. The van der Waals surface area contributed by atoms with Gasteiger partial charge in [-0.1, -0.05) is 40.2 Å². The van der Waals surface area contributed by atoms with Crippen LogP contribution in [0.15, 0.2) is 53.0 Å². The molecule has 0 saturated carbocycles. The summed E-state index contributed by atoms with van der Waals surface area (Å²) < 4.78 is 1.09. The highest BCUT2D eigenvalue weighted by molar-refractivity contribution is 9.10. The van der Waals surface area contributed by atoms with E-state index in [1.54, 1.807) is 6.92 Å². The average Bonchev–Trinajstić information content (AvgIpc) is 2.53. The molecule has 0 fully saturated rings. The number of fused-ring (bicyclic) bond motifs is 1. The van der Waals surface area contributed by atoms with Gasteiger partial charge in [0.1, 0.15) is 0 Å². The highest BCUT2D eigenvalue weighted by atomic mass is 79.9. The maximum atomic E-state index is 12.1. The Morgan fingerprint density at radius 2 is 1.74 bits per heavy atom. The number of anilines is 2. The van der Waals surface area contributed by atoms with Crippen molar-refractivity contribution in [2.24, 2.45) is 0 Å². The van der Waals surface area contributed by atoms with Gasteiger partial charge in [0, 0.05) is 17.9 Å². The minimum absolute atomic E-state index is 0.0981. The molecule has 0 N–H and O–H groups in total. The number of amides is 1. The van der Waals surface area contributed by atoms with E-state index in [2.05, 4.69) is 65.0 Å². The molecule has 0 spiro atoms. The maximum absolute atomic E-state index is 12.1. The quantitative estimate of drug-likeness (QED) is 0.757. The molecule has 2 aromatic carbocycles. The number of benzene rings is 2. The van der Waals surface area contributed by atoms with Gasteiger partial charge >= 0.3 is 0 Å². The molecule has 1 amide bonds. The van der Waals surface area contributed by atoms with Crippen LogP contribution in [0.4, 0.5) is 11.4 Å². The van der Waals surface area contributed by atoms with E-state index in [0.717, 1.165) is 22.4 Å². The molecule has 1 aliphatic rings. The van der Waals surface area contributed by atoms with Crippen LogP contribution < -0.4 is 9.80 Å². The lowest BCUT2D eigenvalue weighted by Gasteiger charge is -2.44. The summed E-state index contributed by atoms with van der Waals surface area (Å²) in [5, 5.41) is 0. The number of carbonyl (C=O) groups excluding carboxylic acids is 1. The van der Waals surface area contributed by atoms with Gasteiger partial charge in [-0.25, -0.2) is 0 Å². The fourth-order valence-electron chi connectivity index (χ4n) is 3.38. The molecule has 1 heterocycles. The third-order valence-corrected chi connectivity index (χ3v) is 5.04. The molecule has 0 aromatic heterocycles. The molecule has 3 nitrogen and oxygen atoms in total. The fourth-order valence-corrected chi connectivity index (χ4v) is 3.65. The number of para-hydroxylation sites is 2. The Bertz CT molecular complexity index is 714. The molecule has 3 rings (SSSR count). The standard InChI is InChI=1S/C19H21BrN2O/c1-13-12-21(14(2)16-8-10-17(20)11-9-16)18-6-4-5-7-19(18)22(13)15(3)23/h4-11,13-14H,12H2,1-3H3/t13-,14?/m0/s1. The van der Waals surface area contributed by atoms with Crippen LogP contribution in [0, 0.1) is 0 Å². The molecule has 1 aliphatic heterocycles. The summed E-state index contributed by atoms with van der Waals surface area (Å²) in [6, 6.07) is 17.0. The summed E-state index contributed by atoms with van der Waals surface area (Å²) in [7, 11) is 0. The van der Waals surface area contributed by atoms with Gasteiger partial charge in [0.15, 0.2) is 0 Å². The average molecular weight is 373 g/mol. The van der Waals surface area contributed by atoms with E-state index >= 15 is 0 Å². The number of halogens is 1. The monoisotopic (exact) mass is 372 g/mol. The smallest absolute Gasteiger partial charge is 0.224 e. The SMILES string of the molecule is CC(=O)N1c2ccccc2N(C(C)c2ccc(Br)cc2)C[C@@H]1C. The van der Waals surface area contributed by atoms with Crippen molar-refractivity contribution in [1.29, 1.82) is 0 Å². The second-order valence-electron chi connectivity index (χ2n) is 6.11. The zero-order valence-corrected chi connectivity index (χ0v) is 15.2. The molecular formula is C19H21BrN2O. The van der Waals surface area contributed by atoms with E-state index in [9.17, 15) is 4.79 Å². The summed E-state index contributed by atoms with van der Waals surface area (Å²) in [6.45, 7) is 6.80. The molecule has 0 radical (unpaired) electrons. The molecule has 2 atom stereocenters. The van der Waals surface area contributed by atoms with E-state index in [4.69, 9.17) is 0 Å². The highest BCUT2D eigenvalue weighted by Gasteiger charge is 2.32. The lowest BCUT2D eigenvalue weighted by atomic mass is 10.0. The van der Waals surface area contributed by atoms with E-state index in [1.165, 1.54) is 5.56 Å². The summed E-state index contributed by atoms with van der Waals surface area (Å²) in [5.41, 5.74) is 3.39. The third kappa shape index (κ3) is 3.00. The van der Waals surface area contributed by atoms with E-state index in [0.29, 0.717) is 0 Å². The number of nitrogens with zero attached hydrogens (tertiary/aromatic N) is 2. The number of hydrogen-bond acceptors (Lipinski definition) is 2. The van der Waals surface area contributed by atoms with Gasteiger partial charge in [0.05, 0.1) is 23.5 Å². The van der Waals surface area contributed by atoms with Gasteiger partial charge in [-0.15, -0.1) is 0 Å². The van der Waals surface area contributed by atoms with Crippen LogP contribution in [0.3, 0.4) is 0 Å². The molecule has 2 aromatic rings. The van der Waals surface area contributed by atoms with Gasteiger partial charge < -0.3 is 9.80 Å². The van der Waals surface area contributed by atoms with E-state index in [-0.39, 0.29) is 18.0 Å². The Kier molecular flexibility index (Phi) is 4.44. The van der Waals surface area contributed by atoms with Crippen molar-refractivity contribution in [3.8, 4) is 0 Å². The summed E-state index contributed by atoms with van der Waals surface area (Å²) >= 11 is 3.49. The number of rotatable bonds is 2. The number of carbonyl (C=O) groups is 1. The molecule has 0 aliphatic carbocycles. The minimum atomic E-state index is 0.0981. The van der Waals surface area contributed by atoms with Gasteiger partial charge in [0.25, 0.3) is 0 Å². The van der Waals surface area contributed by atoms with Crippen LogP contribution >= 0.6 is 15.9 Å². The third-order valence-electron chi connectivity index (χ3n) is 4.51. The molecule has 1 unspecified atom stereocenters. The van der Waals surface area contributed by atoms with E-state index < -0.39 is 0 Å². The maximum Gasteiger partial charge on any atom is 0.224 e. The van der Waals surface area contributed by atoms with Gasteiger partial charge in [0.2, 0.25) is 5.91 Å². The van der Waals surface area contributed by atoms with Crippen molar-refractivity contribution >= 4 is 33.2 Å². The van der Waals surface area contributed by atoms with Gasteiger partial charge in [-0.2, -0.15) is 0 Å². The second-order valence-corrected chi connectivity index (χ2v) is 7.02. The molecule has 23 heavy (non-hydrogen) atoms. The first-order valence-corrected chi connectivity index (χ1v) is 8.69. The van der Waals surface area contributed by atoms with Crippen molar-refractivity contribution < 1.29 is 4.79 Å². The zero-order valence-electron chi connectivity index (χ0n) is 13.7. The highest BCUT2D eigenvalue weighted by Crippen LogP contribution is 2.39. The summed E-state index contributed by atoms with van der Waals surface area (Å²) in [4.78, 5) is 16.4. The Hall–Kier alpha value is -1.81. The van der Waals surface area contributed by atoms with Crippen molar-refractivity contribution in [3.05, 3.63) is 58.6 Å². The normalized spacial score (nSPS) is 18.5. The summed E-state index contributed by atoms with van der Waals surface area (Å²) in [6.07, 6.45) is 0. The molecule has 0 saturated heterocycles. The zero-order chi connectivity index (χ0) is 16.6. The fraction of sp³-hybridized carbons (Fsp3) is 0.316. The topological polar surface area (TPSA) is 23.6 Å². The van der Waals surface area contributed by atoms with Crippen molar-refractivity contribution in [1.82, 2.24) is 0 Å². The lowest BCUT2D eigenvalue weighted by molar-refractivity contribution is -0.117. The van der Waals surface area contributed by atoms with Crippen LogP contribution in [0.25, 0.3) is 0 Å². The first-order valence-electron chi connectivity index (χ1n) is 7.90. The van der Waals surface area contributed by atoms with Gasteiger partial charge in [-0.05, 0) is 43.7 Å². The first kappa shape index (κ1) is 16.1. The Morgan fingerprint density at radius 1 is 1.13 bits per heavy atom. The van der Waals surface area contributed by atoms with E-state index in [1.807, 2.05) is 23.1 Å². The van der Waals surface area contributed by atoms with Crippen molar-refractivity contribution in [2.45, 2.75) is 32.9 Å². The van der Waals surface area contributed by atoms with Crippen LogP contribution in [0.2, 0.25) is 0 Å². The van der Waals surface area contributed by atoms with Gasteiger partial charge in [-0.3, -0.25) is 4.79 Å². The predicted octanol–water partition coefficient (Wildman–Crippen LogP) is 4.77. The largest absolute Gasteiger partial charge is 0.361 e. The van der Waals surface area contributed by atoms with Crippen LogP contribution in [-0.4, -0.2) is 18.5 Å². The van der Waals surface area contributed by atoms with Crippen LogP contribution in [0.1, 0.15) is 32.4 Å². The van der Waals surface area contributed by atoms with Crippen molar-refractivity contribution in [2.75, 3.05) is 16.3 Å². The first-order chi connectivity index (χ1) is 11.0. The Labute approximate surface area is 146 Å². The second kappa shape index (κ2) is 6.36. The molecule has 4 heteroatoms. The minimum Gasteiger partial charge on any atom is -0.361 e. The van der Waals surface area contributed by atoms with Crippen LogP contribution in [-0.2, 0) is 4.79 Å². The van der Waals surface area contributed by atoms with Crippen molar-refractivity contribution in [3.63, 3.8) is 0 Å². The lowest BCUT2D eigenvalue weighted by Crippen LogP contribution is -2.50.